The fourth-order valence-corrected chi connectivity index (χ4v) is 2.62. The van der Waals surface area contributed by atoms with Crippen LogP contribution in [0.15, 0.2) is 12.4 Å². The Balaban J connectivity index is 1.88. The third-order valence-corrected chi connectivity index (χ3v) is 3.49. The molecule has 2 heterocycles. The molecule has 0 bridgehead atoms. The van der Waals surface area contributed by atoms with Crippen LogP contribution in [0.5, 0.6) is 0 Å². The van der Waals surface area contributed by atoms with Crippen molar-refractivity contribution < 1.29 is 5.11 Å². The number of rotatable bonds is 3. The van der Waals surface area contributed by atoms with E-state index >= 15 is 0 Å². The Labute approximate surface area is 109 Å². The summed E-state index contributed by atoms with van der Waals surface area (Å²) < 4.78 is 0. The summed E-state index contributed by atoms with van der Waals surface area (Å²) >= 11 is 0. The van der Waals surface area contributed by atoms with Crippen LogP contribution in [-0.4, -0.2) is 33.8 Å². The Hall–Kier alpha value is -1.16. The average Bonchev–Trinajstić information content (AvgIpc) is 2.29. The van der Waals surface area contributed by atoms with Crippen molar-refractivity contribution in [3.8, 4) is 0 Å². The van der Waals surface area contributed by atoms with Crippen molar-refractivity contribution in [2.24, 2.45) is 5.92 Å². The highest BCUT2D eigenvalue weighted by molar-refractivity contribution is 5.36. The number of aryl methyl sites for hydroxylation is 1. The summed E-state index contributed by atoms with van der Waals surface area (Å²) in [6, 6.07) is 0. The van der Waals surface area contributed by atoms with Gasteiger partial charge in [0.05, 0.1) is 23.7 Å². The third-order valence-electron chi connectivity index (χ3n) is 3.49. The molecule has 0 radical (unpaired) electrons. The summed E-state index contributed by atoms with van der Waals surface area (Å²) in [5.74, 6) is 1.60. The Morgan fingerprint density at radius 2 is 1.94 bits per heavy atom. The highest BCUT2D eigenvalue weighted by Gasteiger charge is 2.25. The van der Waals surface area contributed by atoms with Gasteiger partial charge in [-0.25, -0.2) is 4.98 Å². The minimum Gasteiger partial charge on any atom is -0.390 e. The van der Waals surface area contributed by atoms with E-state index in [1.165, 1.54) is 0 Å². The average molecular weight is 249 g/mol. The number of hydrogen-bond donors (Lipinski definition) is 1. The SMILES string of the molecule is Cc1cnc(N2CCC(CC(C)(C)O)CC2)cn1. The minimum absolute atomic E-state index is 0.545. The summed E-state index contributed by atoms with van der Waals surface area (Å²) in [5.41, 5.74) is 0.409. The molecule has 0 aliphatic carbocycles. The lowest BCUT2D eigenvalue weighted by atomic mass is 9.86. The minimum atomic E-state index is -0.545. The van der Waals surface area contributed by atoms with Gasteiger partial charge in [0.2, 0.25) is 0 Å². The van der Waals surface area contributed by atoms with E-state index in [9.17, 15) is 5.11 Å². The zero-order valence-electron chi connectivity index (χ0n) is 11.6. The molecule has 0 aromatic carbocycles. The molecule has 1 aliphatic heterocycles. The van der Waals surface area contributed by atoms with Gasteiger partial charge in [-0.1, -0.05) is 0 Å². The Kier molecular flexibility index (Phi) is 3.85. The molecule has 100 valence electrons. The number of piperidine rings is 1. The largest absolute Gasteiger partial charge is 0.390 e. The van der Waals surface area contributed by atoms with Crippen LogP contribution < -0.4 is 4.90 Å². The van der Waals surface area contributed by atoms with Crippen LogP contribution in [0.25, 0.3) is 0 Å². The molecule has 4 nitrogen and oxygen atoms in total. The molecule has 1 fully saturated rings. The molecule has 0 saturated carbocycles. The Bertz CT molecular complexity index is 375. The van der Waals surface area contributed by atoms with E-state index in [1.54, 1.807) is 0 Å². The number of aromatic nitrogens is 2. The van der Waals surface area contributed by atoms with Gasteiger partial charge in [-0.15, -0.1) is 0 Å². The lowest BCUT2D eigenvalue weighted by Gasteiger charge is -2.34. The molecule has 18 heavy (non-hydrogen) atoms. The summed E-state index contributed by atoms with van der Waals surface area (Å²) in [5, 5.41) is 9.85. The van der Waals surface area contributed by atoms with Gasteiger partial charge in [0.15, 0.2) is 0 Å². The van der Waals surface area contributed by atoms with Crippen LogP contribution >= 0.6 is 0 Å². The van der Waals surface area contributed by atoms with Crippen LogP contribution in [0.4, 0.5) is 5.82 Å². The summed E-state index contributed by atoms with van der Waals surface area (Å²) in [6.45, 7) is 7.76. The number of aliphatic hydroxyl groups is 1. The molecule has 2 rings (SSSR count). The van der Waals surface area contributed by atoms with Crippen LogP contribution in [0.3, 0.4) is 0 Å². The monoisotopic (exact) mass is 249 g/mol. The van der Waals surface area contributed by atoms with Crippen molar-refractivity contribution in [1.82, 2.24) is 9.97 Å². The second-order valence-corrected chi connectivity index (χ2v) is 5.96. The van der Waals surface area contributed by atoms with Gasteiger partial charge in [-0.3, -0.25) is 4.98 Å². The zero-order chi connectivity index (χ0) is 13.2. The molecule has 0 unspecified atom stereocenters. The maximum atomic E-state index is 9.85. The van der Waals surface area contributed by atoms with E-state index in [-0.39, 0.29) is 0 Å². The van der Waals surface area contributed by atoms with E-state index in [0.29, 0.717) is 5.92 Å². The first-order valence-electron chi connectivity index (χ1n) is 6.70. The fourth-order valence-electron chi connectivity index (χ4n) is 2.62. The zero-order valence-corrected chi connectivity index (χ0v) is 11.6. The predicted molar refractivity (Wildman–Crippen MR) is 72.6 cm³/mol. The molecule has 0 amide bonds. The van der Waals surface area contributed by atoms with E-state index in [2.05, 4.69) is 14.9 Å². The Morgan fingerprint density at radius 1 is 1.28 bits per heavy atom. The molecular weight excluding hydrogens is 226 g/mol. The van der Waals surface area contributed by atoms with Gasteiger partial charge in [-0.2, -0.15) is 0 Å². The van der Waals surface area contributed by atoms with Gasteiger partial charge in [0.1, 0.15) is 5.82 Å². The number of nitrogens with zero attached hydrogens (tertiary/aromatic N) is 3. The number of anilines is 1. The maximum Gasteiger partial charge on any atom is 0.147 e. The van der Waals surface area contributed by atoms with Gasteiger partial charge in [0, 0.05) is 13.1 Å². The Morgan fingerprint density at radius 3 is 2.44 bits per heavy atom. The highest BCUT2D eigenvalue weighted by Crippen LogP contribution is 2.27. The van der Waals surface area contributed by atoms with Crippen molar-refractivity contribution in [1.29, 1.82) is 0 Å². The second-order valence-electron chi connectivity index (χ2n) is 5.96. The lowest BCUT2D eigenvalue weighted by molar-refractivity contribution is 0.0482. The smallest absolute Gasteiger partial charge is 0.147 e. The van der Waals surface area contributed by atoms with Gasteiger partial charge < -0.3 is 10.0 Å². The third kappa shape index (κ3) is 3.67. The lowest BCUT2D eigenvalue weighted by Crippen LogP contribution is -2.36. The molecule has 1 N–H and O–H groups in total. The summed E-state index contributed by atoms with van der Waals surface area (Å²) in [6.07, 6.45) is 6.81. The van der Waals surface area contributed by atoms with E-state index < -0.39 is 5.60 Å². The van der Waals surface area contributed by atoms with Gasteiger partial charge in [0.25, 0.3) is 0 Å². The van der Waals surface area contributed by atoms with Gasteiger partial charge in [-0.05, 0) is 46.0 Å². The van der Waals surface area contributed by atoms with Crippen LogP contribution in [0.2, 0.25) is 0 Å². The van der Waals surface area contributed by atoms with E-state index in [1.807, 2.05) is 33.2 Å². The first kappa shape index (κ1) is 13.3. The standard InChI is InChI=1S/C14H23N3O/c1-11-9-16-13(10-15-11)17-6-4-12(5-7-17)8-14(2,3)18/h9-10,12,18H,4-8H2,1-3H3. The van der Waals surface area contributed by atoms with Crippen molar-refractivity contribution in [2.45, 2.75) is 45.6 Å². The highest BCUT2D eigenvalue weighted by atomic mass is 16.3. The molecule has 4 heteroatoms. The second kappa shape index (κ2) is 5.22. The molecule has 0 spiro atoms. The molecule has 1 aromatic heterocycles. The molecule has 0 atom stereocenters. The normalized spacial score (nSPS) is 18.1. The maximum absolute atomic E-state index is 9.85. The van der Waals surface area contributed by atoms with Crippen molar-refractivity contribution in [2.75, 3.05) is 18.0 Å². The molecule has 1 aliphatic rings. The van der Waals surface area contributed by atoms with Crippen molar-refractivity contribution in [3.05, 3.63) is 18.1 Å². The van der Waals surface area contributed by atoms with Crippen LogP contribution in [0, 0.1) is 12.8 Å². The van der Waals surface area contributed by atoms with Crippen molar-refractivity contribution >= 4 is 5.82 Å². The summed E-state index contributed by atoms with van der Waals surface area (Å²) in [7, 11) is 0. The fraction of sp³-hybridized carbons (Fsp3) is 0.714. The van der Waals surface area contributed by atoms with E-state index in [4.69, 9.17) is 0 Å². The van der Waals surface area contributed by atoms with Crippen LogP contribution in [0.1, 0.15) is 38.8 Å². The van der Waals surface area contributed by atoms with Crippen molar-refractivity contribution in [3.63, 3.8) is 0 Å². The topological polar surface area (TPSA) is 49.2 Å². The molecule has 1 saturated heterocycles. The van der Waals surface area contributed by atoms with E-state index in [0.717, 1.165) is 43.9 Å². The predicted octanol–water partition coefficient (Wildman–Crippen LogP) is 2.16. The number of hydrogen-bond acceptors (Lipinski definition) is 4. The van der Waals surface area contributed by atoms with Gasteiger partial charge >= 0.3 is 0 Å². The van der Waals surface area contributed by atoms with Crippen LogP contribution in [-0.2, 0) is 0 Å². The quantitative estimate of drug-likeness (QED) is 0.892. The first-order valence-corrected chi connectivity index (χ1v) is 6.70. The summed E-state index contributed by atoms with van der Waals surface area (Å²) in [4.78, 5) is 11.0. The molecular formula is C14H23N3O. The first-order chi connectivity index (χ1) is 8.44. The molecule has 1 aromatic rings.